The Bertz CT molecular complexity index is 622. The van der Waals surface area contributed by atoms with Crippen LogP contribution in [0.15, 0.2) is 36.4 Å². The van der Waals surface area contributed by atoms with E-state index in [1.54, 1.807) is 0 Å². The van der Waals surface area contributed by atoms with E-state index < -0.39 is 0 Å². The lowest BCUT2D eigenvalue weighted by Crippen LogP contribution is -2.03. The van der Waals surface area contributed by atoms with Crippen LogP contribution in [0.25, 0.3) is 0 Å². The summed E-state index contributed by atoms with van der Waals surface area (Å²) < 4.78 is 11.3. The molecule has 0 atom stereocenters. The molecular formula is C17H19NO2. The van der Waals surface area contributed by atoms with Crippen molar-refractivity contribution in [1.82, 2.24) is 0 Å². The zero-order chi connectivity index (χ0) is 13.9. The molecule has 2 aromatic carbocycles. The Kier molecular flexibility index (Phi) is 3.50. The average molecular weight is 269 g/mol. The fourth-order valence-electron chi connectivity index (χ4n) is 2.51. The quantitative estimate of drug-likeness (QED) is 0.867. The molecule has 1 aliphatic heterocycles. The smallest absolute Gasteiger partial charge is 0.122 e. The van der Waals surface area contributed by atoms with E-state index in [9.17, 15) is 0 Å². The van der Waals surface area contributed by atoms with Gasteiger partial charge in [-0.2, -0.15) is 0 Å². The Balaban J connectivity index is 1.60. The molecule has 0 aromatic heterocycles. The number of ether oxygens (including phenoxy) is 2. The van der Waals surface area contributed by atoms with Crippen molar-refractivity contribution in [3.05, 3.63) is 53.1 Å². The van der Waals surface area contributed by atoms with Crippen molar-refractivity contribution >= 4 is 5.69 Å². The molecule has 0 fully saturated rings. The van der Waals surface area contributed by atoms with Crippen LogP contribution >= 0.6 is 0 Å². The molecule has 20 heavy (non-hydrogen) atoms. The Morgan fingerprint density at radius 2 is 2.10 bits per heavy atom. The van der Waals surface area contributed by atoms with E-state index in [0.717, 1.165) is 42.2 Å². The van der Waals surface area contributed by atoms with Gasteiger partial charge in [0.15, 0.2) is 0 Å². The second-order valence-corrected chi connectivity index (χ2v) is 5.16. The fourth-order valence-corrected chi connectivity index (χ4v) is 2.51. The van der Waals surface area contributed by atoms with Gasteiger partial charge in [0.2, 0.25) is 0 Å². The molecule has 1 heterocycles. The van der Waals surface area contributed by atoms with Gasteiger partial charge in [-0.1, -0.05) is 12.1 Å². The number of hydrogen-bond donors (Lipinski definition) is 1. The summed E-state index contributed by atoms with van der Waals surface area (Å²) >= 11 is 0. The summed E-state index contributed by atoms with van der Waals surface area (Å²) in [6.07, 6.45) is 1.91. The molecule has 0 radical (unpaired) electrons. The van der Waals surface area contributed by atoms with Gasteiger partial charge in [-0.05, 0) is 47.9 Å². The Labute approximate surface area is 119 Å². The molecule has 104 valence electrons. The Hall–Kier alpha value is -2.16. The highest BCUT2D eigenvalue weighted by atomic mass is 16.5. The molecule has 0 saturated carbocycles. The van der Waals surface area contributed by atoms with Crippen LogP contribution in [-0.2, 0) is 12.8 Å². The summed E-state index contributed by atoms with van der Waals surface area (Å²) in [5.41, 5.74) is 10.2. The molecule has 3 rings (SSSR count). The number of benzene rings is 2. The largest absolute Gasteiger partial charge is 0.493 e. The van der Waals surface area contributed by atoms with E-state index in [2.05, 4.69) is 18.2 Å². The van der Waals surface area contributed by atoms with Crippen LogP contribution in [0.4, 0.5) is 5.69 Å². The second kappa shape index (κ2) is 5.45. The maximum atomic E-state index is 5.83. The fraction of sp³-hybridized carbons (Fsp3) is 0.294. The van der Waals surface area contributed by atoms with Crippen molar-refractivity contribution in [3.8, 4) is 11.5 Å². The molecular weight excluding hydrogens is 250 g/mol. The third-order valence-corrected chi connectivity index (χ3v) is 3.60. The molecule has 0 bridgehead atoms. The zero-order valence-electron chi connectivity index (χ0n) is 11.7. The van der Waals surface area contributed by atoms with Crippen LogP contribution in [0, 0.1) is 6.92 Å². The van der Waals surface area contributed by atoms with Crippen LogP contribution in [0.3, 0.4) is 0 Å². The summed E-state index contributed by atoms with van der Waals surface area (Å²) in [5, 5.41) is 0. The molecule has 2 aromatic rings. The number of fused-ring (bicyclic) bond motifs is 1. The van der Waals surface area contributed by atoms with Gasteiger partial charge in [-0.15, -0.1) is 0 Å². The molecule has 0 spiro atoms. The van der Waals surface area contributed by atoms with Crippen LogP contribution < -0.4 is 15.2 Å². The third-order valence-electron chi connectivity index (χ3n) is 3.60. The number of anilines is 1. The van der Waals surface area contributed by atoms with Crippen molar-refractivity contribution in [2.24, 2.45) is 0 Å². The number of aryl methyl sites for hydroxylation is 1. The van der Waals surface area contributed by atoms with Crippen molar-refractivity contribution in [2.75, 3.05) is 18.9 Å². The van der Waals surface area contributed by atoms with Gasteiger partial charge >= 0.3 is 0 Å². The topological polar surface area (TPSA) is 44.5 Å². The van der Waals surface area contributed by atoms with Gasteiger partial charge in [-0.3, -0.25) is 0 Å². The van der Waals surface area contributed by atoms with E-state index in [-0.39, 0.29) is 0 Å². The summed E-state index contributed by atoms with van der Waals surface area (Å²) in [7, 11) is 0. The molecule has 2 N–H and O–H groups in total. The first-order valence-corrected chi connectivity index (χ1v) is 6.96. The lowest BCUT2D eigenvalue weighted by molar-refractivity contribution is 0.320. The molecule has 0 saturated heterocycles. The summed E-state index contributed by atoms with van der Waals surface area (Å²) in [4.78, 5) is 0. The molecule has 0 unspecified atom stereocenters. The highest BCUT2D eigenvalue weighted by Crippen LogP contribution is 2.26. The summed E-state index contributed by atoms with van der Waals surface area (Å²) in [5.74, 6) is 1.94. The van der Waals surface area contributed by atoms with Crippen LogP contribution in [-0.4, -0.2) is 13.2 Å². The van der Waals surface area contributed by atoms with Crippen LogP contribution in [0.1, 0.15) is 16.7 Å². The van der Waals surface area contributed by atoms with E-state index in [0.29, 0.717) is 6.61 Å². The van der Waals surface area contributed by atoms with Gasteiger partial charge in [-0.25, -0.2) is 0 Å². The van der Waals surface area contributed by atoms with E-state index in [4.69, 9.17) is 15.2 Å². The predicted octanol–water partition coefficient (Wildman–Crippen LogP) is 3.13. The van der Waals surface area contributed by atoms with Crippen LogP contribution in [0.5, 0.6) is 11.5 Å². The van der Waals surface area contributed by atoms with Gasteiger partial charge in [0.1, 0.15) is 11.5 Å². The Morgan fingerprint density at radius 3 is 2.95 bits per heavy atom. The normalized spacial score (nSPS) is 12.8. The van der Waals surface area contributed by atoms with Crippen molar-refractivity contribution in [1.29, 1.82) is 0 Å². The van der Waals surface area contributed by atoms with Gasteiger partial charge in [0.05, 0.1) is 13.2 Å². The maximum absolute atomic E-state index is 5.83. The van der Waals surface area contributed by atoms with E-state index in [1.165, 1.54) is 11.1 Å². The number of nitrogen functional groups attached to an aromatic ring is 1. The van der Waals surface area contributed by atoms with E-state index >= 15 is 0 Å². The van der Waals surface area contributed by atoms with Crippen LogP contribution in [0.2, 0.25) is 0 Å². The van der Waals surface area contributed by atoms with Gasteiger partial charge in [0, 0.05) is 18.5 Å². The minimum Gasteiger partial charge on any atom is -0.493 e. The van der Waals surface area contributed by atoms with Crippen molar-refractivity contribution in [2.45, 2.75) is 19.8 Å². The highest BCUT2D eigenvalue weighted by Gasteiger charge is 2.11. The molecule has 0 aliphatic carbocycles. The molecule has 1 aliphatic rings. The Morgan fingerprint density at radius 1 is 1.20 bits per heavy atom. The highest BCUT2D eigenvalue weighted by molar-refractivity contribution is 5.47. The number of nitrogens with two attached hydrogens (primary N) is 1. The first-order chi connectivity index (χ1) is 9.72. The lowest BCUT2D eigenvalue weighted by Gasteiger charge is -2.10. The molecule has 3 nitrogen and oxygen atoms in total. The average Bonchev–Trinajstić information content (AvgIpc) is 2.89. The maximum Gasteiger partial charge on any atom is 0.122 e. The number of rotatable bonds is 4. The molecule has 0 amide bonds. The van der Waals surface area contributed by atoms with Gasteiger partial charge in [0.25, 0.3) is 0 Å². The summed E-state index contributed by atoms with van der Waals surface area (Å²) in [6, 6.07) is 12.1. The standard InChI is InChI=1S/C17H19NO2/c1-12-10-15(18)3-5-16(12)19-8-6-13-2-4-17-14(11-13)7-9-20-17/h2-5,10-11H,6-9,18H2,1H3. The minimum absolute atomic E-state index is 0.671. The van der Waals surface area contributed by atoms with Gasteiger partial charge < -0.3 is 15.2 Å². The summed E-state index contributed by atoms with van der Waals surface area (Å²) in [6.45, 7) is 3.49. The number of hydrogen-bond acceptors (Lipinski definition) is 3. The first kappa shape index (κ1) is 12.9. The van der Waals surface area contributed by atoms with E-state index in [1.807, 2.05) is 25.1 Å². The SMILES string of the molecule is Cc1cc(N)ccc1OCCc1ccc2c(c1)CCO2. The minimum atomic E-state index is 0.671. The second-order valence-electron chi connectivity index (χ2n) is 5.16. The monoisotopic (exact) mass is 269 g/mol. The van der Waals surface area contributed by atoms with Crippen molar-refractivity contribution < 1.29 is 9.47 Å². The first-order valence-electron chi connectivity index (χ1n) is 6.96. The third kappa shape index (κ3) is 2.72. The zero-order valence-corrected chi connectivity index (χ0v) is 11.7. The van der Waals surface area contributed by atoms with Crippen molar-refractivity contribution in [3.63, 3.8) is 0 Å². The molecule has 3 heteroatoms. The lowest BCUT2D eigenvalue weighted by atomic mass is 10.1. The predicted molar refractivity (Wildman–Crippen MR) is 80.4 cm³/mol.